The number of carbonyl (C=O) groups is 1. The number of halogens is 2. The van der Waals surface area contributed by atoms with Gasteiger partial charge in [0.1, 0.15) is 0 Å². The highest BCUT2D eigenvalue weighted by molar-refractivity contribution is 7.20. The Morgan fingerprint density at radius 1 is 1.14 bits per heavy atom. The van der Waals surface area contributed by atoms with E-state index in [-0.39, 0.29) is 5.91 Å². The van der Waals surface area contributed by atoms with Gasteiger partial charge in [0.25, 0.3) is 5.91 Å². The van der Waals surface area contributed by atoms with Crippen molar-refractivity contribution in [3.8, 4) is 0 Å². The summed E-state index contributed by atoms with van der Waals surface area (Å²) >= 11 is 13.2. The molecular weight excluding hydrogens is 327 g/mol. The highest BCUT2D eigenvalue weighted by Crippen LogP contribution is 2.24. The third kappa shape index (κ3) is 3.35. The van der Waals surface area contributed by atoms with Crippen molar-refractivity contribution in [3.05, 3.63) is 63.1 Å². The molecule has 21 heavy (non-hydrogen) atoms. The Hall–Kier alpha value is -1.62. The highest BCUT2D eigenvalue weighted by Gasteiger charge is 2.12. The molecular formula is C15H10Cl2N2OS. The molecule has 0 saturated heterocycles. The highest BCUT2D eigenvalue weighted by atomic mass is 35.5. The smallest absolute Gasteiger partial charge is 0.280 e. The van der Waals surface area contributed by atoms with E-state index in [1.165, 1.54) is 11.3 Å². The lowest BCUT2D eigenvalue weighted by atomic mass is 10.2. The molecule has 2 aromatic carbocycles. The molecule has 0 aliphatic rings. The molecule has 0 bridgehead atoms. The molecule has 0 atom stereocenters. The fourth-order valence-corrected chi connectivity index (χ4v) is 3.14. The van der Waals surface area contributed by atoms with Crippen LogP contribution in [0.1, 0.15) is 15.4 Å². The summed E-state index contributed by atoms with van der Waals surface area (Å²) in [7, 11) is 0. The molecule has 6 heteroatoms. The van der Waals surface area contributed by atoms with E-state index in [4.69, 9.17) is 23.2 Å². The maximum absolute atomic E-state index is 12.1. The van der Waals surface area contributed by atoms with E-state index in [1.54, 1.807) is 18.2 Å². The van der Waals surface area contributed by atoms with Crippen LogP contribution in [0.15, 0.2) is 42.5 Å². The Morgan fingerprint density at radius 3 is 2.76 bits per heavy atom. The van der Waals surface area contributed by atoms with E-state index in [0.29, 0.717) is 21.6 Å². The average Bonchev–Trinajstić information content (AvgIpc) is 2.88. The third-order valence-corrected chi connectivity index (χ3v) is 4.39. The topological polar surface area (TPSA) is 42.0 Å². The molecule has 0 spiro atoms. The van der Waals surface area contributed by atoms with Gasteiger partial charge in [-0.05, 0) is 35.9 Å². The minimum Gasteiger partial charge on any atom is -0.346 e. The van der Waals surface area contributed by atoms with Crippen LogP contribution in [0.2, 0.25) is 10.0 Å². The number of rotatable bonds is 3. The van der Waals surface area contributed by atoms with E-state index in [2.05, 4.69) is 10.3 Å². The first-order valence-electron chi connectivity index (χ1n) is 6.20. The van der Waals surface area contributed by atoms with Crippen LogP contribution < -0.4 is 5.32 Å². The minimum absolute atomic E-state index is 0.202. The number of benzene rings is 2. The summed E-state index contributed by atoms with van der Waals surface area (Å²) in [6.45, 7) is 0.413. The van der Waals surface area contributed by atoms with Gasteiger partial charge in [-0.15, -0.1) is 11.3 Å². The zero-order valence-electron chi connectivity index (χ0n) is 10.8. The zero-order chi connectivity index (χ0) is 14.8. The van der Waals surface area contributed by atoms with Gasteiger partial charge < -0.3 is 5.32 Å². The monoisotopic (exact) mass is 336 g/mol. The standard InChI is InChI=1S/C15H10Cl2N2OS/c16-10-3-1-2-9(6-10)8-18-14(20)15-19-12-7-11(17)4-5-13(12)21-15/h1-7H,8H2,(H,18,20). The summed E-state index contributed by atoms with van der Waals surface area (Å²) in [5.74, 6) is -0.202. The minimum atomic E-state index is -0.202. The quantitative estimate of drug-likeness (QED) is 0.763. The van der Waals surface area contributed by atoms with E-state index in [0.717, 1.165) is 15.8 Å². The maximum atomic E-state index is 12.1. The molecule has 1 amide bonds. The van der Waals surface area contributed by atoms with Gasteiger partial charge in [-0.3, -0.25) is 4.79 Å². The normalized spacial score (nSPS) is 10.8. The predicted molar refractivity (Wildman–Crippen MR) is 87.3 cm³/mol. The summed E-state index contributed by atoms with van der Waals surface area (Å²) < 4.78 is 0.937. The fourth-order valence-electron chi connectivity index (χ4n) is 1.90. The van der Waals surface area contributed by atoms with Crippen molar-refractivity contribution in [1.29, 1.82) is 0 Å². The van der Waals surface area contributed by atoms with Gasteiger partial charge in [-0.25, -0.2) is 4.98 Å². The second kappa shape index (κ2) is 6.02. The van der Waals surface area contributed by atoms with E-state index in [9.17, 15) is 4.79 Å². The molecule has 0 radical (unpaired) electrons. The molecule has 3 rings (SSSR count). The molecule has 0 fully saturated rings. The Balaban J connectivity index is 1.74. The summed E-state index contributed by atoms with van der Waals surface area (Å²) in [6, 6.07) is 12.8. The number of nitrogens with one attached hydrogen (secondary N) is 1. The van der Waals surface area contributed by atoms with E-state index >= 15 is 0 Å². The summed E-state index contributed by atoms with van der Waals surface area (Å²) in [6.07, 6.45) is 0. The Bertz CT molecular complexity index is 816. The van der Waals surface area contributed by atoms with Gasteiger partial charge in [0.15, 0.2) is 5.01 Å². The number of thiazole rings is 1. The summed E-state index contributed by atoms with van der Waals surface area (Å²) in [4.78, 5) is 16.4. The largest absolute Gasteiger partial charge is 0.346 e. The van der Waals surface area contributed by atoms with Crippen LogP contribution in [0.25, 0.3) is 10.2 Å². The molecule has 0 aliphatic heterocycles. The molecule has 0 saturated carbocycles. The van der Waals surface area contributed by atoms with E-state index < -0.39 is 0 Å². The number of hydrogen-bond donors (Lipinski definition) is 1. The SMILES string of the molecule is O=C(NCc1cccc(Cl)c1)c1nc2cc(Cl)ccc2s1. The number of aromatic nitrogens is 1. The van der Waals surface area contributed by atoms with Gasteiger partial charge in [0.05, 0.1) is 10.2 Å². The van der Waals surface area contributed by atoms with Crippen LogP contribution in [-0.4, -0.2) is 10.9 Å². The number of nitrogens with zero attached hydrogens (tertiary/aromatic N) is 1. The zero-order valence-corrected chi connectivity index (χ0v) is 13.1. The van der Waals surface area contributed by atoms with Gasteiger partial charge in [0.2, 0.25) is 0 Å². The van der Waals surface area contributed by atoms with Crippen LogP contribution in [0.3, 0.4) is 0 Å². The third-order valence-electron chi connectivity index (χ3n) is 2.89. The van der Waals surface area contributed by atoms with Crippen molar-refractivity contribution in [2.75, 3.05) is 0 Å². The van der Waals surface area contributed by atoms with Crippen molar-refractivity contribution in [3.63, 3.8) is 0 Å². The number of amides is 1. The van der Waals surface area contributed by atoms with Crippen molar-refractivity contribution in [2.45, 2.75) is 6.54 Å². The number of hydrogen-bond acceptors (Lipinski definition) is 3. The van der Waals surface area contributed by atoms with Gasteiger partial charge >= 0.3 is 0 Å². The lowest BCUT2D eigenvalue weighted by Crippen LogP contribution is -2.22. The van der Waals surface area contributed by atoms with Crippen molar-refractivity contribution >= 4 is 50.7 Å². The van der Waals surface area contributed by atoms with Crippen LogP contribution in [0.4, 0.5) is 0 Å². The first kappa shape index (κ1) is 14.3. The Kier molecular flexibility index (Phi) is 4.10. The second-order valence-electron chi connectivity index (χ2n) is 4.44. The summed E-state index contributed by atoms with van der Waals surface area (Å²) in [5.41, 5.74) is 1.68. The second-order valence-corrected chi connectivity index (χ2v) is 6.35. The number of carbonyl (C=O) groups excluding carboxylic acids is 1. The average molecular weight is 337 g/mol. The number of fused-ring (bicyclic) bond motifs is 1. The molecule has 1 N–H and O–H groups in total. The van der Waals surface area contributed by atoms with Gasteiger partial charge in [-0.1, -0.05) is 35.3 Å². The Labute approximate surface area is 135 Å². The van der Waals surface area contributed by atoms with Crippen molar-refractivity contribution < 1.29 is 4.79 Å². The van der Waals surface area contributed by atoms with Crippen LogP contribution in [-0.2, 0) is 6.54 Å². The molecule has 3 aromatic rings. The molecule has 1 heterocycles. The Morgan fingerprint density at radius 2 is 1.95 bits per heavy atom. The predicted octanol–water partition coefficient (Wildman–Crippen LogP) is 4.53. The first-order chi connectivity index (χ1) is 10.1. The van der Waals surface area contributed by atoms with Crippen LogP contribution in [0, 0.1) is 0 Å². The molecule has 3 nitrogen and oxygen atoms in total. The molecule has 1 aromatic heterocycles. The molecule has 106 valence electrons. The molecule has 0 unspecified atom stereocenters. The van der Waals surface area contributed by atoms with E-state index in [1.807, 2.05) is 24.3 Å². The van der Waals surface area contributed by atoms with Gasteiger partial charge in [0, 0.05) is 16.6 Å². The fraction of sp³-hybridized carbons (Fsp3) is 0.0667. The summed E-state index contributed by atoms with van der Waals surface area (Å²) in [5, 5.41) is 4.52. The van der Waals surface area contributed by atoms with Crippen molar-refractivity contribution in [1.82, 2.24) is 10.3 Å². The van der Waals surface area contributed by atoms with Crippen LogP contribution in [0.5, 0.6) is 0 Å². The van der Waals surface area contributed by atoms with Gasteiger partial charge in [-0.2, -0.15) is 0 Å². The van der Waals surface area contributed by atoms with Crippen LogP contribution >= 0.6 is 34.5 Å². The lowest BCUT2D eigenvalue weighted by Gasteiger charge is -2.03. The van der Waals surface area contributed by atoms with Crippen molar-refractivity contribution in [2.24, 2.45) is 0 Å². The lowest BCUT2D eigenvalue weighted by molar-refractivity contribution is 0.0950. The maximum Gasteiger partial charge on any atom is 0.280 e. The molecule has 0 aliphatic carbocycles. The first-order valence-corrected chi connectivity index (χ1v) is 7.78.